The van der Waals surface area contributed by atoms with Crippen LogP contribution in [0.25, 0.3) is 45.1 Å². The number of barbiturate groups is 1. The smallest absolute Gasteiger partial charge is 0.268 e. The lowest BCUT2D eigenvalue weighted by Gasteiger charge is -2.28. The van der Waals surface area contributed by atoms with E-state index in [2.05, 4.69) is 63.4 Å². The lowest BCUT2D eigenvalue weighted by atomic mass is 10.0. The van der Waals surface area contributed by atoms with Crippen LogP contribution in [-0.2, 0) is 35.3 Å². The van der Waals surface area contributed by atoms with E-state index in [1.807, 2.05) is 51.4 Å². The third-order valence-corrected chi connectivity index (χ3v) is 18.1. The van der Waals surface area contributed by atoms with Crippen LogP contribution >= 0.6 is 56.7 Å². The van der Waals surface area contributed by atoms with Crippen LogP contribution < -0.4 is 0 Å². The second-order valence-corrected chi connectivity index (χ2v) is 21.9. The maximum atomic E-state index is 13.0. The summed E-state index contributed by atoms with van der Waals surface area (Å²) >= 11 is 9.48. The van der Waals surface area contributed by atoms with E-state index in [0.29, 0.717) is 0 Å². The highest BCUT2D eigenvalue weighted by Gasteiger charge is 2.38. The summed E-state index contributed by atoms with van der Waals surface area (Å²) in [5, 5.41) is 2.30. The van der Waals surface area contributed by atoms with Crippen molar-refractivity contribution in [1.29, 1.82) is 0 Å². The van der Waals surface area contributed by atoms with Crippen LogP contribution in [0, 0.1) is 0 Å². The zero-order valence-corrected chi connectivity index (χ0v) is 41.5. The average molecular weight is 915 g/mol. The van der Waals surface area contributed by atoms with Crippen LogP contribution in [0.4, 0.5) is 4.79 Å². The standard InChI is InChI=1S/C51H66N2O3S5/c1-7-11-15-19-23-35-29-30-57-45(35)42-31-37(25-21-17-13-9-3)47(59-42)44-33-38(26-22-18-14-10-4)48(61-44)43-32-36(24-20-16-12-8-2)46(60-43)41-28-27-39(58-41)34-40-49(54)52(5)51(56)53(6)50(40)55/h27-34H,7-26H2,1-6H3. The highest BCUT2D eigenvalue weighted by atomic mass is 32.1. The third-order valence-electron chi connectivity index (χ3n) is 11.8. The monoisotopic (exact) mass is 914 g/mol. The van der Waals surface area contributed by atoms with Gasteiger partial charge in [0.25, 0.3) is 11.8 Å². The molecule has 0 spiro atoms. The first-order valence-corrected chi connectivity index (χ1v) is 27.2. The van der Waals surface area contributed by atoms with E-state index < -0.39 is 17.8 Å². The van der Waals surface area contributed by atoms with Crippen molar-refractivity contribution >= 4 is 80.6 Å². The number of carbonyl (C=O) groups is 3. The zero-order valence-electron chi connectivity index (χ0n) is 37.4. The largest absolute Gasteiger partial charge is 0.333 e. The molecule has 0 unspecified atom stereocenters. The van der Waals surface area contributed by atoms with Gasteiger partial charge in [-0.2, -0.15) is 0 Å². The van der Waals surface area contributed by atoms with Gasteiger partial charge >= 0.3 is 6.03 Å². The molecule has 5 aromatic heterocycles. The molecule has 0 radical (unpaired) electrons. The summed E-state index contributed by atoms with van der Waals surface area (Å²) in [6.07, 6.45) is 26.0. The van der Waals surface area contributed by atoms with Crippen molar-refractivity contribution in [1.82, 2.24) is 9.80 Å². The molecule has 1 aliphatic rings. The van der Waals surface area contributed by atoms with Gasteiger partial charge in [0.15, 0.2) is 0 Å². The topological polar surface area (TPSA) is 57.7 Å². The Morgan fingerprint density at radius 1 is 0.459 bits per heavy atom. The van der Waals surface area contributed by atoms with E-state index >= 15 is 0 Å². The van der Waals surface area contributed by atoms with E-state index in [1.54, 1.807) is 17.4 Å². The predicted octanol–water partition coefficient (Wildman–Crippen LogP) is 16.6. The number of carbonyl (C=O) groups excluding carboxylic acids is 3. The predicted molar refractivity (Wildman–Crippen MR) is 268 cm³/mol. The minimum atomic E-state index is -0.605. The summed E-state index contributed by atoms with van der Waals surface area (Å²) in [6.45, 7) is 9.14. The fraction of sp³-hybridized carbons (Fsp3) is 0.510. The fourth-order valence-corrected chi connectivity index (χ4v) is 14.3. The van der Waals surface area contributed by atoms with Crippen LogP contribution in [0.1, 0.15) is 158 Å². The van der Waals surface area contributed by atoms with Crippen LogP contribution in [0.15, 0.2) is 47.4 Å². The Kier molecular flexibility index (Phi) is 18.2. The number of rotatable bonds is 25. The highest BCUT2D eigenvalue weighted by Crippen LogP contribution is 2.50. The maximum Gasteiger partial charge on any atom is 0.333 e. The van der Waals surface area contributed by atoms with Gasteiger partial charge in [-0.3, -0.25) is 19.4 Å². The summed E-state index contributed by atoms with van der Waals surface area (Å²) in [5.41, 5.74) is 5.93. The van der Waals surface area contributed by atoms with Gasteiger partial charge in [-0.1, -0.05) is 105 Å². The molecule has 6 rings (SSSR count). The van der Waals surface area contributed by atoms with E-state index in [0.717, 1.165) is 45.2 Å². The lowest BCUT2D eigenvalue weighted by Crippen LogP contribution is -2.52. The maximum absolute atomic E-state index is 13.0. The Morgan fingerprint density at radius 2 is 0.869 bits per heavy atom. The summed E-state index contributed by atoms with van der Waals surface area (Å²) in [5.74, 6) is -1.11. The van der Waals surface area contributed by atoms with Gasteiger partial charge in [-0.05, 0) is 121 Å². The molecule has 328 valence electrons. The van der Waals surface area contributed by atoms with E-state index in [1.165, 1.54) is 173 Å². The van der Waals surface area contributed by atoms with Gasteiger partial charge in [0, 0.05) is 58.0 Å². The minimum absolute atomic E-state index is 0.0206. The molecular weight excluding hydrogens is 849 g/mol. The Morgan fingerprint density at radius 3 is 1.31 bits per heavy atom. The van der Waals surface area contributed by atoms with Crippen LogP contribution in [0.5, 0.6) is 0 Å². The van der Waals surface area contributed by atoms with Crippen molar-refractivity contribution in [3.05, 3.63) is 74.5 Å². The van der Waals surface area contributed by atoms with Crippen molar-refractivity contribution in [3.8, 4) is 39.0 Å². The van der Waals surface area contributed by atoms with Crippen molar-refractivity contribution in [2.24, 2.45) is 0 Å². The Hall–Kier alpha value is -3.15. The molecule has 0 atom stereocenters. The van der Waals surface area contributed by atoms with E-state index in [9.17, 15) is 14.4 Å². The second kappa shape index (κ2) is 23.5. The molecule has 1 fully saturated rings. The normalized spacial score (nSPS) is 13.4. The lowest BCUT2D eigenvalue weighted by molar-refractivity contribution is -0.134. The molecule has 0 aliphatic carbocycles. The molecule has 5 aromatic rings. The van der Waals surface area contributed by atoms with Crippen LogP contribution in [0.3, 0.4) is 0 Å². The number of urea groups is 1. The summed E-state index contributed by atoms with van der Waals surface area (Å²) < 4.78 is 0. The Labute approximate surface area is 385 Å². The van der Waals surface area contributed by atoms with Gasteiger partial charge in [0.05, 0.1) is 0 Å². The summed E-state index contributed by atoms with van der Waals surface area (Å²) in [7, 11) is 2.85. The third kappa shape index (κ3) is 11.9. The van der Waals surface area contributed by atoms with Crippen molar-refractivity contribution in [3.63, 3.8) is 0 Å². The average Bonchev–Trinajstić information content (AvgIpc) is 4.12. The molecule has 6 heterocycles. The summed E-state index contributed by atoms with van der Waals surface area (Å²) in [4.78, 5) is 52.4. The molecular formula is C51H66N2O3S5. The van der Waals surface area contributed by atoms with Crippen LogP contribution in [0.2, 0.25) is 0 Å². The number of amides is 4. The molecule has 1 saturated heterocycles. The molecule has 10 heteroatoms. The molecule has 0 saturated carbocycles. The van der Waals surface area contributed by atoms with Crippen molar-refractivity contribution < 1.29 is 14.4 Å². The van der Waals surface area contributed by atoms with Gasteiger partial charge < -0.3 is 0 Å². The highest BCUT2D eigenvalue weighted by molar-refractivity contribution is 7.30. The molecule has 5 nitrogen and oxygen atoms in total. The zero-order chi connectivity index (χ0) is 43.3. The molecule has 1 aliphatic heterocycles. The SMILES string of the molecule is CCCCCCc1ccsc1-c1cc(CCCCCC)c(-c2cc(CCCCCC)c(-c3cc(CCCCCC)c(-c4ccc(C=C5C(=O)N(C)C(=O)N(C)C5=O)s4)s3)s2)s1. The van der Waals surface area contributed by atoms with Crippen molar-refractivity contribution in [2.75, 3.05) is 14.1 Å². The van der Waals surface area contributed by atoms with Crippen LogP contribution in [-0.4, -0.2) is 41.7 Å². The van der Waals surface area contributed by atoms with Gasteiger partial charge in [0.1, 0.15) is 5.57 Å². The van der Waals surface area contributed by atoms with Crippen molar-refractivity contribution in [2.45, 2.75) is 156 Å². The molecule has 0 N–H and O–H groups in total. The quantitative estimate of drug-likeness (QED) is 0.0333. The second-order valence-electron chi connectivity index (χ2n) is 16.7. The van der Waals surface area contributed by atoms with Gasteiger partial charge in [-0.25, -0.2) is 4.79 Å². The first-order valence-electron chi connectivity index (χ1n) is 23.1. The molecule has 4 amide bonds. The molecule has 61 heavy (non-hydrogen) atoms. The number of unbranched alkanes of at least 4 members (excludes halogenated alkanes) is 12. The molecule has 0 bridgehead atoms. The number of hydrogen-bond acceptors (Lipinski definition) is 8. The number of aryl methyl sites for hydroxylation is 4. The van der Waals surface area contributed by atoms with E-state index in [-0.39, 0.29) is 5.57 Å². The minimum Gasteiger partial charge on any atom is -0.268 e. The fourth-order valence-electron chi connectivity index (χ4n) is 8.19. The number of thiophene rings is 5. The Bertz CT molecular complexity index is 2220. The number of imide groups is 2. The molecule has 0 aromatic carbocycles. The first-order chi connectivity index (χ1) is 29.7. The van der Waals surface area contributed by atoms with Gasteiger partial charge in [0.2, 0.25) is 0 Å². The Balaban J connectivity index is 1.39. The first kappa shape index (κ1) is 47.3. The summed E-state index contributed by atoms with van der Waals surface area (Å²) in [6, 6.07) is 13.5. The number of nitrogens with zero attached hydrogens (tertiary/aromatic N) is 2. The van der Waals surface area contributed by atoms with Gasteiger partial charge in [-0.15, -0.1) is 56.7 Å². The number of likely N-dealkylation sites (N-methyl/N-ethyl adjacent to an activating group) is 2. The van der Waals surface area contributed by atoms with E-state index in [4.69, 9.17) is 0 Å². The number of hydrogen-bond donors (Lipinski definition) is 0.